The lowest BCUT2D eigenvalue weighted by molar-refractivity contribution is 0.0267. The fourth-order valence-electron chi connectivity index (χ4n) is 3.14. The first kappa shape index (κ1) is 12.4. The fourth-order valence-corrected chi connectivity index (χ4v) is 3.14. The van der Waals surface area contributed by atoms with Crippen LogP contribution in [0.4, 0.5) is 0 Å². The Bertz CT molecular complexity index is 588. The lowest BCUT2D eigenvalue weighted by atomic mass is 9.77. The predicted molar refractivity (Wildman–Crippen MR) is 78.3 cm³/mol. The monoisotopic (exact) mass is 252 g/mol. The van der Waals surface area contributed by atoms with Gasteiger partial charge >= 0.3 is 0 Å². The summed E-state index contributed by atoms with van der Waals surface area (Å²) in [5, 5.41) is 10.9. The molecule has 0 spiro atoms. The highest BCUT2D eigenvalue weighted by atomic mass is 16.3. The van der Waals surface area contributed by atoms with E-state index in [-0.39, 0.29) is 0 Å². The number of hydrogen-bond acceptors (Lipinski definition) is 1. The van der Waals surface area contributed by atoms with Gasteiger partial charge in [0.25, 0.3) is 0 Å². The molecule has 98 valence electrons. The van der Waals surface area contributed by atoms with E-state index in [9.17, 15) is 5.11 Å². The largest absolute Gasteiger partial charge is 0.389 e. The fraction of sp³-hybridized carbons (Fsp3) is 0.333. The van der Waals surface area contributed by atoms with Gasteiger partial charge in [-0.3, -0.25) is 0 Å². The molecule has 0 amide bonds. The van der Waals surface area contributed by atoms with Gasteiger partial charge in [-0.2, -0.15) is 0 Å². The molecule has 19 heavy (non-hydrogen) atoms. The van der Waals surface area contributed by atoms with Crippen molar-refractivity contribution in [1.82, 2.24) is 0 Å². The predicted octanol–water partition coefficient (Wildman–Crippen LogP) is 3.46. The van der Waals surface area contributed by atoms with Gasteiger partial charge < -0.3 is 5.11 Å². The van der Waals surface area contributed by atoms with Crippen molar-refractivity contribution < 1.29 is 5.11 Å². The summed E-state index contributed by atoms with van der Waals surface area (Å²) < 4.78 is 0. The van der Waals surface area contributed by atoms with Crippen LogP contribution < -0.4 is 0 Å². The number of rotatable bonds is 2. The van der Waals surface area contributed by atoms with E-state index >= 15 is 0 Å². The van der Waals surface area contributed by atoms with Gasteiger partial charge in [0.05, 0.1) is 5.60 Å². The number of hydrogen-bond donors (Lipinski definition) is 1. The van der Waals surface area contributed by atoms with E-state index in [0.29, 0.717) is 0 Å². The molecule has 2 aromatic rings. The minimum Gasteiger partial charge on any atom is -0.389 e. The van der Waals surface area contributed by atoms with Gasteiger partial charge in [-0.05, 0) is 36.5 Å². The summed E-state index contributed by atoms with van der Waals surface area (Å²) in [6.07, 6.45) is 3.37. The Labute approximate surface area is 114 Å². The van der Waals surface area contributed by atoms with Crippen LogP contribution in [0, 0.1) is 6.92 Å². The molecule has 1 aliphatic carbocycles. The second-order valence-electron chi connectivity index (χ2n) is 5.84. The van der Waals surface area contributed by atoms with Crippen LogP contribution in [0.5, 0.6) is 0 Å². The summed E-state index contributed by atoms with van der Waals surface area (Å²) in [5.74, 6) is 0. The highest BCUT2D eigenvalue weighted by Crippen LogP contribution is 2.31. The van der Waals surface area contributed by atoms with Crippen molar-refractivity contribution in [2.75, 3.05) is 0 Å². The molecule has 3 rings (SSSR count). The van der Waals surface area contributed by atoms with Gasteiger partial charge in [-0.15, -0.1) is 0 Å². The molecule has 1 atom stereocenters. The zero-order valence-electron chi connectivity index (χ0n) is 11.4. The Morgan fingerprint density at radius 1 is 1.05 bits per heavy atom. The van der Waals surface area contributed by atoms with Crippen LogP contribution in [0.1, 0.15) is 28.7 Å². The summed E-state index contributed by atoms with van der Waals surface area (Å²) in [6.45, 7) is 2.10. The SMILES string of the molecule is Cc1cccc(CC2(O)CCc3ccccc3C2)c1. The molecule has 1 unspecified atom stereocenters. The first-order chi connectivity index (χ1) is 9.15. The molecule has 2 aromatic carbocycles. The highest BCUT2D eigenvalue weighted by Gasteiger charge is 2.31. The maximum atomic E-state index is 10.9. The summed E-state index contributed by atoms with van der Waals surface area (Å²) in [5.41, 5.74) is 4.63. The zero-order valence-corrected chi connectivity index (χ0v) is 11.4. The van der Waals surface area contributed by atoms with Gasteiger partial charge in [0, 0.05) is 12.8 Å². The van der Waals surface area contributed by atoms with Crippen molar-refractivity contribution in [2.45, 2.75) is 38.2 Å². The third-order valence-corrected chi connectivity index (χ3v) is 4.11. The molecule has 1 aliphatic rings. The van der Waals surface area contributed by atoms with E-state index in [4.69, 9.17) is 0 Å². The van der Waals surface area contributed by atoms with E-state index in [1.165, 1.54) is 22.3 Å². The van der Waals surface area contributed by atoms with E-state index in [1.807, 2.05) is 0 Å². The van der Waals surface area contributed by atoms with Crippen molar-refractivity contribution >= 4 is 0 Å². The quantitative estimate of drug-likeness (QED) is 0.868. The van der Waals surface area contributed by atoms with Crippen LogP contribution in [0.2, 0.25) is 0 Å². The minimum atomic E-state index is -0.581. The molecule has 0 aromatic heterocycles. The molecule has 0 saturated heterocycles. The Hall–Kier alpha value is -1.60. The number of benzene rings is 2. The lowest BCUT2D eigenvalue weighted by Gasteiger charge is -2.33. The molecular formula is C18H20O. The van der Waals surface area contributed by atoms with E-state index in [0.717, 1.165) is 25.7 Å². The van der Waals surface area contributed by atoms with Crippen molar-refractivity contribution in [3.8, 4) is 0 Å². The molecule has 0 heterocycles. The average Bonchev–Trinajstić information content (AvgIpc) is 2.38. The van der Waals surface area contributed by atoms with Gasteiger partial charge in [0.15, 0.2) is 0 Å². The first-order valence-electron chi connectivity index (χ1n) is 6.99. The Balaban J connectivity index is 1.82. The Morgan fingerprint density at radius 3 is 2.63 bits per heavy atom. The number of aryl methyl sites for hydroxylation is 2. The summed E-state index contributed by atoms with van der Waals surface area (Å²) in [6, 6.07) is 17.0. The summed E-state index contributed by atoms with van der Waals surface area (Å²) in [4.78, 5) is 0. The van der Waals surface area contributed by atoms with Crippen LogP contribution in [-0.4, -0.2) is 10.7 Å². The highest BCUT2D eigenvalue weighted by molar-refractivity contribution is 5.33. The molecule has 0 fully saturated rings. The normalized spacial score (nSPS) is 22.0. The van der Waals surface area contributed by atoms with Crippen molar-refractivity contribution in [1.29, 1.82) is 0 Å². The number of aliphatic hydroxyl groups is 1. The van der Waals surface area contributed by atoms with Crippen LogP contribution in [0.3, 0.4) is 0 Å². The molecule has 1 nitrogen and oxygen atoms in total. The van der Waals surface area contributed by atoms with Crippen LogP contribution >= 0.6 is 0 Å². The Morgan fingerprint density at radius 2 is 1.84 bits per heavy atom. The summed E-state index contributed by atoms with van der Waals surface area (Å²) >= 11 is 0. The third kappa shape index (κ3) is 2.71. The topological polar surface area (TPSA) is 20.2 Å². The molecule has 0 saturated carbocycles. The van der Waals surface area contributed by atoms with Crippen LogP contribution in [0.25, 0.3) is 0 Å². The van der Waals surface area contributed by atoms with Crippen LogP contribution in [0.15, 0.2) is 48.5 Å². The van der Waals surface area contributed by atoms with Crippen molar-refractivity contribution in [3.05, 3.63) is 70.8 Å². The van der Waals surface area contributed by atoms with Crippen molar-refractivity contribution in [2.24, 2.45) is 0 Å². The molecule has 1 N–H and O–H groups in total. The van der Waals surface area contributed by atoms with Crippen LogP contribution in [-0.2, 0) is 19.3 Å². The summed E-state index contributed by atoms with van der Waals surface area (Å²) in [7, 11) is 0. The third-order valence-electron chi connectivity index (χ3n) is 4.11. The van der Waals surface area contributed by atoms with Gasteiger partial charge in [-0.1, -0.05) is 54.1 Å². The minimum absolute atomic E-state index is 0.581. The van der Waals surface area contributed by atoms with E-state index in [2.05, 4.69) is 55.5 Å². The smallest absolute Gasteiger partial charge is 0.0731 e. The molecule has 0 aliphatic heterocycles. The zero-order chi connectivity index (χ0) is 13.3. The standard InChI is InChI=1S/C18H20O/c1-14-5-4-6-15(11-14)12-18(19)10-9-16-7-2-3-8-17(16)13-18/h2-8,11,19H,9-10,12-13H2,1H3. The molecule has 0 bridgehead atoms. The van der Waals surface area contributed by atoms with Gasteiger partial charge in [0.1, 0.15) is 0 Å². The molecular weight excluding hydrogens is 232 g/mol. The van der Waals surface area contributed by atoms with Gasteiger partial charge in [0.2, 0.25) is 0 Å². The maximum Gasteiger partial charge on any atom is 0.0731 e. The number of fused-ring (bicyclic) bond motifs is 1. The van der Waals surface area contributed by atoms with Crippen molar-refractivity contribution in [3.63, 3.8) is 0 Å². The Kier molecular flexibility index (Phi) is 3.16. The van der Waals surface area contributed by atoms with Gasteiger partial charge in [-0.25, -0.2) is 0 Å². The average molecular weight is 252 g/mol. The maximum absolute atomic E-state index is 10.9. The molecule has 0 radical (unpaired) electrons. The van der Waals surface area contributed by atoms with E-state index < -0.39 is 5.60 Å². The second-order valence-corrected chi connectivity index (χ2v) is 5.84. The second kappa shape index (κ2) is 4.82. The molecule has 1 heteroatoms. The van der Waals surface area contributed by atoms with E-state index in [1.54, 1.807) is 0 Å². The first-order valence-corrected chi connectivity index (χ1v) is 6.99. The lowest BCUT2D eigenvalue weighted by Crippen LogP contribution is -2.38.